The third-order valence-electron chi connectivity index (χ3n) is 9.07. The van der Waals surface area contributed by atoms with Crippen molar-refractivity contribution in [3.63, 3.8) is 0 Å². The molecule has 2 heteroatoms. The van der Waals surface area contributed by atoms with Crippen molar-refractivity contribution in [1.82, 2.24) is 9.80 Å². The highest BCUT2D eigenvalue weighted by Gasteiger charge is 2.24. The van der Waals surface area contributed by atoms with Gasteiger partial charge in [-0.1, -0.05) is 181 Å². The third kappa shape index (κ3) is 21.7. The van der Waals surface area contributed by atoms with E-state index in [9.17, 15) is 0 Å². The molecule has 0 fully saturated rings. The first-order valence-electron chi connectivity index (χ1n) is 18.5. The van der Waals surface area contributed by atoms with Crippen molar-refractivity contribution in [1.29, 1.82) is 0 Å². The number of hydrogen-bond donors (Lipinski definition) is 0. The zero-order valence-corrected chi connectivity index (χ0v) is 27.5. The Morgan fingerprint density at radius 3 is 0.923 bits per heavy atom. The van der Waals surface area contributed by atoms with Crippen molar-refractivity contribution in [2.45, 2.75) is 213 Å². The molecule has 0 spiro atoms. The van der Waals surface area contributed by atoms with Crippen molar-refractivity contribution >= 4 is 0 Å². The summed E-state index contributed by atoms with van der Waals surface area (Å²) in [4.78, 5) is 5.39. The van der Waals surface area contributed by atoms with Gasteiger partial charge >= 0.3 is 0 Å². The molecule has 0 N–H and O–H groups in total. The first kappa shape index (κ1) is 36.4. The van der Waals surface area contributed by atoms with Crippen LogP contribution in [-0.2, 0) is 0 Å². The average molecular weight is 547 g/mol. The van der Waals surface area contributed by atoms with E-state index in [2.05, 4.69) is 43.0 Å². The summed E-state index contributed by atoms with van der Waals surface area (Å²) in [5, 5.41) is 0. The van der Waals surface area contributed by atoms with Crippen molar-refractivity contribution in [2.24, 2.45) is 0 Å². The van der Waals surface area contributed by atoms with Gasteiger partial charge in [-0.05, 0) is 25.7 Å². The molecule has 1 unspecified atom stereocenters. The largest absolute Gasteiger partial charge is 0.356 e. The Kier molecular flexibility index (Phi) is 26.9. The topological polar surface area (TPSA) is 6.48 Å². The highest BCUT2D eigenvalue weighted by atomic mass is 15.4. The van der Waals surface area contributed by atoms with Crippen LogP contribution in [0.3, 0.4) is 0 Å². The van der Waals surface area contributed by atoms with E-state index in [0.29, 0.717) is 6.17 Å². The van der Waals surface area contributed by atoms with Crippen molar-refractivity contribution in [3.8, 4) is 0 Å². The molecule has 0 saturated carbocycles. The summed E-state index contributed by atoms with van der Waals surface area (Å²) in [6.07, 6.45) is 47.0. The summed E-state index contributed by atoms with van der Waals surface area (Å²) >= 11 is 0. The van der Waals surface area contributed by atoms with Gasteiger partial charge in [0.15, 0.2) is 0 Å². The van der Waals surface area contributed by atoms with Crippen molar-refractivity contribution in [3.05, 3.63) is 12.4 Å². The number of nitrogens with zero attached hydrogens (tertiary/aromatic N) is 2. The molecular weight excluding hydrogens is 472 g/mol. The van der Waals surface area contributed by atoms with E-state index in [4.69, 9.17) is 0 Å². The maximum absolute atomic E-state index is 2.70. The molecule has 0 bridgehead atoms. The number of hydrogen-bond acceptors (Lipinski definition) is 2. The Balaban J connectivity index is 2.14. The molecule has 0 saturated heterocycles. The van der Waals surface area contributed by atoms with E-state index in [0.717, 1.165) is 0 Å². The minimum atomic E-state index is 0.641. The van der Waals surface area contributed by atoms with Gasteiger partial charge in [0.2, 0.25) is 0 Å². The molecule has 2 nitrogen and oxygen atoms in total. The van der Waals surface area contributed by atoms with E-state index >= 15 is 0 Å². The lowest BCUT2D eigenvalue weighted by Gasteiger charge is -2.33. The van der Waals surface area contributed by atoms with Crippen LogP contribution in [0.4, 0.5) is 0 Å². The molecule has 1 aliphatic heterocycles. The molecule has 39 heavy (non-hydrogen) atoms. The standard InChI is InChI=1S/C37H74N2/c1-4-7-10-13-15-17-19-20-22-24-26-28-31-34-39-36-35-38(33-30-12-9-6-3)37(39)32-29-27-25-23-21-18-16-14-11-8-5-2/h35-37H,4-34H2,1-3H3. The fourth-order valence-corrected chi connectivity index (χ4v) is 6.36. The SMILES string of the molecule is CCCCCCCCCCCCCCCN1C=CN(CCCCCC)C1CCCCCCCCCCCCC. The van der Waals surface area contributed by atoms with E-state index in [1.165, 1.54) is 199 Å². The van der Waals surface area contributed by atoms with Gasteiger partial charge in [0.25, 0.3) is 0 Å². The highest BCUT2D eigenvalue weighted by molar-refractivity contribution is 4.97. The maximum atomic E-state index is 2.70. The molecule has 1 aliphatic rings. The normalized spacial score (nSPS) is 15.2. The number of rotatable bonds is 31. The quantitative estimate of drug-likeness (QED) is 0.0798. The molecule has 0 aromatic heterocycles. The summed E-state index contributed by atoms with van der Waals surface area (Å²) in [6, 6.07) is 0. The Labute approximate surface area is 248 Å². The van der Waals surface area contributed by atoms with Crippen molar-refractivity contribution in [2.75, 3.05) is 13.1 Å². The molecule has 0 aromatic carbocycles. The lowest BCUT2D eigenvalue weighted by Crippen LogP contribution is -2.39. The predicted molar refractivity (Wildman–Crippen MR) is 177 cm³/mol. The molecule has 0 aliphatic carbocycles. The summed E-state index contributed by atoms with van der Waals surface area (Å²) in [7, 11) is 0. The van der Waals surface area contributed by atoms with Gasteiger partial charge in [-0.15, -0.1) is 0 Å². The zero-order chi connectivity index (χ0) is 28.1. The van der Waals surface area contributed by atoms with E-state index in [-0.39, 0.29) is 0 Å². The van der Waals surface area contributed by atoms with Crippen LogP contribution < -0.4 is 0 Å². The maximum Gasteiger partial charge on any atom is 0.101 e. The van der Waals surface area contributed by atoms with Crippen LogP contribution in [0.25, 0.3) is 0 Å². The second-order valence-corrected chi connectivity index (χ2v) is 12.9. The average Bonchev–Trinajstić information content (AvgIpc) is 3.33. The van der Waals surface area contributed by atoms with Gasteiger partial charge in [-0.25, -0.2) is 0 Å². The Bertz CT molecular complexity index is 502. The second-order valence-electron chi connectivity index (χ2n) is 12.9. The molecule has 1 heterocycles. The monoisotopic (exact) mass is 547 g/mol. The fourth-order valence-electron chi connectivity index (χ4n) is 6.36. The molecule has 1 atom stereocenters. The van der Waals surface area contributed by atoms with Gasteiger partial charge < -0.3 is 9.80 Å². The minimum absolute atomic E-state index is 0.641. The van der Waals surface area contributed by atoms with Gasteiger partial charge in [-0.3, -0.25) is 0 Å². The summed E-state index contributed by atoms with van der Waals surface area (Å²) < 4.78 is 0. The Morgan fingerprint density at radius 2 is 0.590 bits per heavy atom. The van der Waals surface area contributed by atoms with Gasteiger partial charge in [0.05, 0.1) is 0 Å². The first-order chi connectivity index (χ1) is 19.3. The number of unbranched alkanes of at least 4 members (excludes halogenated alkanes) is 25. The molecule has 0 aromatic rings. The van der Waals surface area contributed by atoms with E-state index < -0.39 is 0 Å². The fraction of sp³-hybridized carbons (Fsp3) is 0.946. The van der Waals surface area contributed by atoms with Crippen LogP contribution in [0.5, 0.6) is 0 Å². The van der Waals surface area contributed by atoms with Gasteiger partial charge in [-0.2, -0.15) is 0 Å². The van der Waals surface area contributed by atoms with Crippen LogP contribution in [-0.4, -0.2) is 29.1 Å². The Morgan fingerprint density at radius 1 is 0.333 bits per heavy atom. The van der Waals surface area contributed by atoms with Gasteiger partial charge in [0, 0.05) is 25.5 Å². The van der Waals surface area contributed by atoms with Crippen LogP contribution in [0.1, 0.15) is 207 Å². The third-order valence-corrected chi connectivity index (χ3v) is 9.07. The Hall–Kier alpha value is -0.660. The lowest BCUT2D eigenvalue weighted by molar-refractivity contribution is 0.135. The van der Waals surface area contributed by atoms with Crippen LogP contribution in [0.2, 0.25) is 0 Å². The van der Waals surface area contributed by atoms with Crippen LogP contribution >= 0.6 is 0 Å². The van der Waals surface area contributed by atoms with Gasteiger partial charge in [0.1, 0.15) is 6.17 Å². The minimum Gasteiger partial charge on any atom is -0.356 e. The molecular formula is C37H74N2. The van der Waals surface area contributed by atoms with E-state index in [1.807, 2.05) is 0 Å². The van der Waals surface area contributed by atoms with Crippen LogP contribution in [0, 0.1) is 0 Å². The molecule has 0 amide bonds. The van der Waals surface area contributed by atoms with Crippen molar-refractivity contribution < 1.29 is 0 Å². The smallest absolute Gasteiger partial charge is 0.101 e. The second kappa shape index (κ2) is 28.9. The predicted octanol–water partition coefficient (Wildman–Crippen LogP) is 12.8. The zero-order valence-electron chi connectivity index (χ0n) is 27.5. The summed E-state index contributed by atoms with van der Waals surface area (Å²) in [5.41, 5.74) is 0. The summed E-state index contributed by atoms with van der Waals surface area (Å²) in [6.45, 7) is 9.47. The molecule has 1 rings (SSSR count). The highest BCUT2D eigenvalue weighted by Crippen LogP contribution is 2.24. The molecule has 0 radical (unpaired) electrons. The molecule has 232 valence electrons. The lowest BCUT2D eigenvalue weighted by atomic mass is 10.0. The first-order valence-corrected chi connectivity index (χ1v) is 18.5. The summed E-state index contributed by atoms with van der Waals surface area (Å²) in [5.74, 6) is 0. The van der Waals surface area contributed by atoms with Crippen LogP contribution in [0.15, 0.2) is 12.4 Å². The van der Waals surface area contributed by atoms with E-state index in [1.54, 1.807) is 0 Å².